The molecule has 0 N–H and O–H groups in total. The van der Waals surface area contributed by atoms with Gasteiger partial charge in [0.25, 0.3) is 0 Å². The Bertz CT molecular complexity index is 2010. The molecular weight excluding hydrogens is 767 g/mol. The quantitative estimate of drug-likeness (QED) is 0.155. The molecular formula is C48H57Cl2SiZr. The fourth-order valence-corrected chi connectivity index (χ4v) is 43.1. The van der Waals surface area contributed by atoms with Crippen LogP contribution in [0, 0.1) is 5.92 Å². The van der Waals surface area contributed by atoms with Gasteiger partial charge in [-0.1, -0.05) is 0 Å². The maximum atomic E-state index is 8.70. The molecule has 4 aliphatic carbocycles. The fourth-order valence-electron chi connectivity index (χ4n) is 10.9. The van der Waals surface area contributed by atoms with E-state index in [1.807, 2.05) is 0 Å². The molecule has 52 heavy (non-hydrogen) atoms. The van der Waals surface area contributed by atoms with Gasteiger partial charge in [0.15, 0.2) is 0 Å². The molecule has 0 amide bonds. The van der Waals surface area contributed by atoms with Crippen LogP contribution in [0.25, 0.3) is 34.4 Å². The first-order valence-corrected chi connectivity index (χ1v) is 36.8. The summed E-state index contributed by atoms with van der Waals surface area (Å²) < 4.78 is 0.204. The molecule has 271 valence electrons. The van der Waals surface area contributed by atoms with E-state index >= 15 is 0 Å². The molecule has 2 unspecified atom stereocenters. The molecule has 0 heterocycles. The molecule has 2 saturated carbocycles. The van der Waals surface area contributed by atoms with Crippen LogP contribution in [0.4, 0.5) is 0 Å². The molecule has 0 radical (unpaired) electrons. The van der Waals surface area contributed by atoms with Gasteiger partial charge in [-0.15, -0.1) is 0 Å². The van der Waals surface area contributed by atoms with E-state index < -0.39 is 21.5 Å². The van der Waals surface area contributed by atoms with Crippen molar-refractivity contribution in [1.29, 1.82) is 0 Å². The Balaban J connectivity index is 1.20. The van der Waals surface area contributed by atoms with Crippen molar-refractivity contribution < 1.29 is 15.6 Å². The zero-order valence-corrected chi connectivity index (χ0v) is 37.2. The van der Waals surface area contributed by atoms with E-state index in [-0.39, 0.29) is 7.25 Å². The normalized spacial score (nSPS) is 21.8. The summed E-state index contributed by atoms with van der Waals surface area (Å²) in [7, 11) is 17.4. The first kappa shape index (κ1) is 37.0. The first-order valence-electron chi connectivity index (χ1n) is 20.5. The van der Waals surface area contributed by atoms with E-state index in [1.165, 1.54) is 131 Å². The second-order valence-electron chi connectivity index (χ2n) is 17.5. The topological polar surface area (TPSA) is 0 Å². The van der Waals surface area contributed by atoms with E-state index in [0.717, 1.165) is 0 Å². The third kappa shape index (κ3) is 6.29. The molecule has 0 nitrogen and oxygen atoms in total. The van der Waals surface area contributed by atoms with Crippen molar-refractivity contribution in [3.8, 4) is 22.3 Å². The van der Waals surface area contributed by atoms with E-state index in [9.17, 15) is 0 Å². The zero-order chi connectivity index (χ0) is 36.2. The van der Waals surface area contributed by atoms with Crippen molar-refractivity contribution in [2.75, 3.05) is 0 Å². The van der Waals surface area contributed by atoms with Crippen LogP contribution in [0.5, 0.6) is 0 Å². The van der Waals surface area contributed by atoms with E-state index in [1.54, 1.807) is 0 Å². The predicted octanol–water partition coefficient (Wildman–Crippen LogP) is 15.3. The summed E-state index contributed by atoms with van der Waals surface area (Å²) in [5.74, 6) is 0.162. The van der Waals surface area contributed by atoms with Gasteiger partial charge in [0.1, 0.15) is 0 Å². The Morgan fingerprint density at radius 2 is 1.02 bits per heavy atom. The minimum atomic E-state index is -4.82. The van der Waals surface area contributed by atoms with Gasteiger partial charge >= 0.3 is 325 Å². The van der Waals surface area contributed by atoms with E-state index in [2.05, 4.69) is 131 Å². The molecule has 8 rings (SSSR count). The van der Waals surface area contributed by atoms with Crippen LogP contribution in [-0.4, -0.2) is 5.92 Å². The van der Waals surface area contributed by atoms with E-state index in [0.29, 0.717) is 17.8 Å². The number of rotatable bonds is 8. The fraction of sp³-hybridized carbons (Fsp3) is 0.417. The number of fused-ring (bicyclic) bond motifs is 2. The standard InChI is InChI=1S/C24H27.C22H23.C2H7Si.2ClH.Zr/c1-17(2)22-15-21-9-6-10-23(24(21)16-22)20-13-11-19(12-14-20)18-7-4-3-5-8-18;1-16-14-20-8-5-9-21(22(20)15-16)19-12-10-18(11-13-19)17-6-3-2-4-7-17;1-3-2;;;/h6,9-18H,3-5,7-8H2,1-2H3;5,8-15,17H,2-4,6-7H2,1H3;3H,1-2H3;2*1H;/q;;;;;+2/p-2. The van der Waals surface area contributed by atoms with Gasteiger partial charge in [-0.3, -0.25) is 0 Å². The molecule has 4 heteroatoms. The van der Waals surface area contributed by atoms with Gasteiger partial charge in [0.2, 0.25) is 0 Å². The summed E-state index contributed by atoms with van der Waals surface area (Å²) in [5, 5.41) is 0. The molecule has 4 aromatic carbocycles. The second-order valence-corrected chi connectivity index (χ2v) is 60.0. The Morgan fingerprint density at radius 3 is 1.46 bits per heavy atom. The SMILES string of the molecule is CC1=Cc2c(-c3ccc(C4CCCCC4)cc3)cccc2[CH]1[Zr]([Cl])([Cl])([CH]1C(C(C)C)=Cc2c(-c3ccc(C4CCCCC4)cc3)cccc21)[SiH](C)C. The van der Waals surface area contributed by atoms with E-state index in [4.69, 9.17) is 17.0 Å². The average molecular weight is 824 g/mol. The first-order chi connectivity index (χ1) is 25.1. The number of halogens is 2. The summed E-state index contributed by atoms with van der Waals surface area (Å²) in [4.78, 5) is 0. The predicted molar refractivity (Wildman–Crippen MR) is 228 cm³/mol. The van der Waals surface area contributed by atoms with Crippen LogP contribution < -0.4 is 0 Å². The Labute approximate surface area is 322 Å². The molecule has 0 spiro atoms. The van der Waals surface area contributed by atoms with Crippen molar-refractivity contribution in [2.24, 2.45) is 5.92 Å². The monoisotopic (exact) mass is 821 g/mol. The van der Waals surface area contributed by atoms with Crippen LogP contribution >= 0.6 is 17.0 Å². The van der Waals surface area contributed by atoms with Crippen molar-refractivity contribution in [1.82, 2.24) is 0 Å². The maximum absolute atomic E-state index is 8.70. The summed E-state index contributed by atoms with van der Waals surface area (Å²) in [6, 6.07) is 33.0. The molecule has 4 aliphatic rings. The van der Waals surface area contributed by atoms with Crippen molar-refractivity contribution in [2.45, 2.75) is 117 Å². The molecule has 2 atom stereocenters. The van der Waals surface area contributed by atoms with Crippen molar-refractivity contribution in [3.05, 3.63) is 129 Å². The van der Waals surface area contributed by atoms with Crippen LogP contribution in [-0.2, 0) is 15.6 Å². The number of hydrogen-bond acceptors (Lipinski definition) is 0. The van der Waals surface area contributed by atoms with Gasteiger partial charge in [-0.2, -0.15) is 0 Å². The average Bonchev–Trinajstić information content (AvgIpc) is 3.75. The van der Waals surface area contributed by atoms with Crippen LogP contribution in [0.3, 0.4) is 0 Å². The van der Waals surface area contributed by atoms with Gasteiger partial charge in [0.05, 0.1) is 0 Å². The summed E-state index contributed by atoms with van der Waals surface area (Å²) in [6.07, 6.45) is 18.5. The molecule has 0 aliphatic heterocycles. The van der Waals surface area contributed by atoms with Gasteiger partial charge in [-0.25, -0.2) is 0 Å². The Kier molecular flexibility index (Phi) is 10.4. The van der Waals surface area contributed by atoms with Gasteiger partial charge in [-0.05, 0) is 0 Å². The minimum absolute atomic E-state index is 0.101. The number of hydrogen-bond donors (Lipinski definition) is 0. The summed E-state index contributed by atoms with van der Waals surface area (Å²) >= 11 is -4.82. The zero-order valence-electron chi connectivity index (χ0n) is 32.0. The summed E-state index contributed by atoms with van der Waals surface area (Å²) in [6.45, 7) is 12.0. The third-order valence-electron chi connectivity index (χ3n) is 13.8. The Morgan fingerprint density at radius 1 is 0.577 bits per heavy atom. The molecule has 2 fully saturated rings. The molecule has 0 saturated heterocycles. The number of benzene rings is 4. The molecule has 4 aromatic rings. The van der Waals surface area contributed by atoms with Gasteiger partial charge < -0.3 is 0 Å². The Hall–Kier alpha value is -1.96. The van der Waals surface area contributed by atoms with Crippen LogP contribution in [0.2, 0.25) is 13.1 Å². The summed E-state index contributed by atoms with van der Waals surface area (Å²) in [5.41, 5.74) is 16.5. The molecule has 0 aromatic heterocycles. The van der Waals surface area contributed by atoms with Crippen molar-refractivity contribution >= 4 is 35.1 Å². The second kappa shape index (κ2) is 14.6. The van der Waals surface area contributed by atoms with Crippen LogP contribution in [0.1, 0.15) is 137 Å². The van der Waals surface area contributed by atoms with Gasteiger partial charge in [0, 0.05) is 0 Å². The number of allylic oxidation sites excluding steroid dienone is 2. The van der Waals surface area contributed by atoms with Crippen molar-refractivity contribution in [3.63, 3.8) is 0 Å². The van der Waals surface area contributed by atoms with Crippen LogP contribution in [0.15, 0.2) is 96.1 Å². The molecule has 0 bridgehead atoms. The third-order valence-corrected chi connectivity index (χ3v) is 65.8.